The van der Waals surface area contributed by atoms with Crippen LogP contribution < -0.4 is 15.4 Å². The predicted octanol–water partition coefficient (Wildman–Crippen LogP) is 2.50. The molecule has 0 amide bonds. The molecule has 118 valence electrons. The first kappa shape index (κ1) is 16.3. The standard InChI is InChI=1S/C17H28N2O2/c1-4-21-17-7-5-15(6-8-17)14(3)19-13(2)11-16-12-20-10-9-18-16/h5-8,13-14,16,18-19H,4,9-12H2,1-3H3. The zero-order valence-electron chi connectivity index (χ0n) is 13.4. The fraction of sp³-hybridized carbons (Fsp3) is 0.647. The lowest BCUT2D eigenvalue weighted by Crippen LogP contribution is -2.45. The molecule has 1 aromatic carbocycles. The molecular formula is C17H28N2O2. The summed E-state index contributed by atoms with van der Waals surface area (Å²) in [5.41, 5.74) is 1.29. The predicted molar refractivity (Wildman–Crippen MR) is 85.9 cm³/mol. The topological polar surface area (TPSA) is 42.5 Å². The minimum Gasteiger partial charge on any atom is -0.494 e. The van der Waals surface area contributed by atoms with Crippen LogP contribution in [0.2, 0.25) is 0 Å². The highest BCUT2D eigenvalue weighted by Gasteiger charge is 2.17. The van der Waals surface area contributed by atoms with Crippen LogP contribution in [0.1, 0.15) is 38.8 Å². The molecule has 0 spiro atoms. The molecule has 2 rings (SSSR count). The number of rotatable bonds is 7. The molecule has 3 atom stereocenters. The number of hydrogen-bond acceptors (Lipinski definition) is 4. The quantitative estimate of drug-likeness (QED) is 0.810. The number of morpholine rings is 1. The molecule has 1 heterocycles. The molecular weight excluding hydrogens is 264 g/mol. The molecule has 21 heavy (non-hydrogen) atoms. The monoisotopic (exact) mass is 292 g/mol. The van der Waals surface area contributed by atoms with Gasteiger partial charge in [-0.3, -0.25) is 0 Å². The highest BCUT2D eigenvalue weighted by atomic mass is 16.5. The van der Waals surface area contributed by atoms with Crippen molar-refractivity contribution in [1.82, 2.24) is 10.6 Å². The summed E-state index contributed by atoms with van der Waals surface area (Å²) >= 11 is 0. The molecule has 0 aromatic heterocycles. The van der Waals surface area contributed by atoms with Gasteiger partial charge in [0, 0.05) is 24.7 Å². The third kappa shape index (κ3) is 5.30. The van der Waals surface area contributed by atoms with Gasteiger partial charge in [-0.25, -0.2) is 0 Å². The maximum atomic E-state index is 5.50. The second kappa shape index (κ2) is 8.37. The van der Waals surface area contributed by atoms with Crippen molar-refractivity contribution in [3.05, 3.63) is 29.8 Å². The van der Waals surface area contributed by atoms with Gasteiger partial charge in [0.2, 0.25) is 0 Å². The third-order valence-corrected chi connectivity index (χ3v) is 3.86. The summed E-state index contributed by atoms with van der Waals surface area (Å²) < 4.78 is 11.0. The van der Waals surface area contributed by atoms with E-state index in [1.54, 1.807) is 0 Å². The second-order valence-corrected chi connectivity index (χ2v) is 5.75. The van der Waals surface area contributed by atoms with Gasteiger partial charge in [-0.2, -0.15) is 0 Å². The van der Waals surface area contributed by atoms with E-state index in [4.69, 9.17) is 9.47 Å². The average molecular weight is 292 g/mol. The Kier molecular flexibility index (Phi) is 6.49. The van der Waals surface area contributed by atoms with E-state index in [-0.39, 0.29) is 0 Å². The van der Waals surface area contributed by atoms with Crippen molar-refractivity contribution >= 4 is 0 Å². The Hall–Kier alpha value is -1.10. The Balaban J connectivity index is 1.80. The zero-order chi connectivity index (χ0) is 15.1. The molecule has 0 bridgehead atoms. The molecule has 0 aliphatic carbocycles. The Morgan fingerprint density at radius 1 is 1.33 bits per heavy atom. The SMILES string of the molecule is CCOc1ccc(C(C)NC(C)CC2COCCN2)cc1. The van der Waals surface area contributed by atoms with Crippen molar-refractivity contribution < 1.29 is 9.47 Å². The Labute approximate surface area is 128 Å². The van der Waals surface area contributed by atoms with Crippen LogP contribution in [0, 0.1) is 0 Å². The first-order valence-electron chi connectivity index (χ1n) is 7.99. The Morgan fingerprint density at radius 2 is 2.10 bits per heavy atom. The van der Waals surface area contributed by atoms with Crippen molar-refractivity contribution in [3.8, 4) is 5.75 Å². The summed E-state index contributed by atoms with van der Waals surface area (Å²) in [5, 5.41) is 7.16. The highest BCUT2D eigenvalue weighted by Crippen LogP contribution is 2.18. The van der Waals surface area contributed by atoms with Crippen LogP contribution in [0.4, 0.5) is 0 Å². The summed E-state index contributed by atoms with van der Waals surface area (Å²) in [6.07, 6.45) is 1.08. The van der Waals surface area contributed by atoms with Crippen molar-refractivity contribution in [1.29, 1.82) is 0 Å². The summed E-state index contributed by atoms with van der Waals surface area (Å²) in [5.74, 6) is 0.935. The van der Waals surface area contributed by atoms with Gasteiger partial charge in [-0.05, 0) is 44.9 Å². The first-order chi connectivity index (χ1) is 10.2. The van der Waals surface area contributed by atoms with Crippen LogP contribution in [-0.4, -0.2) is 38.4 Å². The third-order valence-electron chi connectivity index (χ3n) is 3.86. The highest BCUT2D eigenvalue weighted by molar-refractivity contribution is 5.28. The Morgan fingerprint density at radius 3 is 2.71 bits per heavy atom. The van der Waals surface area contributed by atoms with Gasteiger partial charge >= 0.3 is 0 Å². The smallest absolute Gasteiger partial charge is 0.119 e. The van der Waals surface area contributed by atoms with E-state index < -0.39 is 0 Å². The molecule has 1 aromatic rings. The van der Waals surface area contributed by atoms with E-state index in [2.05, 4.69) is 36.6 Å². The fourth-order valence-electron chi connectivity index (χ4n) is 2.81. The maximum Gasteiger partial charge on any atom is 0.119 e. The summed E-state index contributed by atoms with van der Waals surface area (Å²) in [4.78, 5) is 0. The van der Waals surface area contributed by atoms with E-state index in [9.17, 15) is 0 Å². The molecule has 1 aliphatic heterocycles. The van der Waals surface area contributed by atoms with Crippen LogP contribution in [-0.2, 0) is 4.74 Å². The van der Waals surface area contributed by atoms with E-state index in [1.165, 1.54) is 5.56 Å². The summed E-state index contributed by atoms with van der Waals surface area (Å²) in [7, 11) is 0. The molecule has 4 nitrogen and oxygen atoms in total. The van der Waals surface area contributed by atoms with Crippen LogP contribution in [0.3, 0.4) is 0 Å². The lowest BCUT2D eigenvalue weighted by atomic mass is 10.0. The van der Waals surface area contributed by atoms with Gasteiger partial charge in [0.05, 0.1) is 19.8 Å². The van der Waals surface area contributed by atoms with Gasteiger partial charge in [-0.1, -0.05) is 12.1 Å². The second-order valence-electron chi connectivity index (χ2n) is 5.75. The molecule has 3 unspecified atom stereocenters. The molecule has 1 saturated heterocycles. The zero-order valence-corrected chi connectivity index (χ0v) is 13.4. The molecule has 1 aliphatic rings. The average Bonchev–Trinajstić information content (AvgIpc) is 2.49. The van der Waals surface area contributed by atoms with Crippen LogP contribution in [0.5, 0.6) is 5.75 Å². The molecule has 0 saturated carbocycles. The van der Waals surface area contributed by atoms with Crippen LogP contribution >= 0.6 is 0 Å². The minimum atomic E-state index is 0.334. The lowest BCUT2D eigenvalue weighted by molar-refractivity contribution is 0.0708. The van der Waals surface area contributed by atoms with Crippen molar-refractivity contribution in [2.45, 2.75) is 45.3 Å². The van der Waals surface area contributed by atoms with E-state index in [0.29, 0.717) is 24.7 Å². The maximum absolute atomic E-state index is 5.50. The van der Waals surface area contributed by atoms with Gasteiger partial charge in [0.25, 0.3) is 0 Å². The van der Waals surface area contributed by atoms with E-state index in [1.807, 2.05) is 19.1 Å². The minimum absolute atomic E-state index is 0.334. The van der Waals surface area contributed by atoms with Gasteiger partial charge in [0.15, 0.2) is 0 Å². The normalized spacial score (nSPS) is 21.8. The molecule has 4 heteroatoms. The summed E-state index contributed by atoms with van der Waals surface area (Å²) in [6.45, 7) is 9.78. The summed E-state index contributed by atoms with van der Waals surface area (Å²) in [6, 6.07) is 9.60. The van der Waals surface area contributed by atoms with Crippen LogP contribution in [0.15, 0.2) is 24.3 Å². The largest absolute Gasteiger partial charge is 0.494 e. The van der Waals surface area contributed by atoms with Crippen molar-refractivity contribution in [3.63, 3.8) is 0 Å². The first-order valence-corrected chi connectivity index (χ1v) is 7.99. The van der Waals surface area contributed by atoms with Gasteiger partial charge in [-0.15, -0.1) is 0 Å². The number of benzene rings is 1. The van der Waals surface area contributed by atoms with E-state index in [0.717, 1.165) is 31.9 Å². The van der Waals surface area contributed by atoms with Crippen molar-refractivity contribution in [2.75, 3.05) is 26.4 Å². The van der Waals surface area contributed by atoms with Crippen molar-refractivity contribution in [2.24, 2.45) is 0 Å². The Bertz CT molecular complexity index is 402. The number of nitrogens with one attached hydrogen (secondary N) is 2. The molecule has 1 fully saturated rings. The lowest BCUT2D eigenvalue weighted by Gasteiger charge is -2.28. The van der Waals surface area contributed by atoms with E-state index >= 15 is 0 Å². The fourth-order valence-corrected chi connectivity index (χ4v) is 2.81. The molecule has 2 N–H and O–H groups in total. The number of ether oxygens (including phenoxy) is 2. The van der Waals surface area contributed by atoms with Gasteiger partial charge in [0.1, 0.15) is 5.75 Å². The van der Waals surface area contributed by atoms with Crippen LogP contribution in [0.25, 0.3) is 0 Å². The number of hydrogen-bond donors (Lipinski definition) is 2. The molecule has 0 radical (unpaired) electrons. The van der Waals surface area contributed by atoms with Gasteiger partial charge < -0.3 is 20.1 Å².